The minimum atomic E-state index is 0.661. The number of hydrogen-bond acceptors (Lipinski definition) is 2. The molecule has 0 rings (SSSR count). The van der Waals surface area contributed by atoms with E-state index in [9.17, 15) is 0 Å². The number of rotatable bonds is 3. The van der Waals surface area contributed by atoms with Crippen molar-refractivity contribution in [2.24, 2.45) is 0 Å². The van der Waals surface area contributed by atoms with E-state index in [4.69, 9.17) is 24.4 Å². The van der Waals surface area contributed by atoms with Crippen molar-refractivity contribution >= 4 is 58.3 Å². The molecule has 2 nitrogen and oxygen atoms in total. The zero-order chi connectivity index (χ0) is 9.72. The Morgan fingerprint density at radius 3 is 1.42 bits per heavy atom. The molecule has 0 unspecified atom stereocenters. The molecule has 0 atom stereocenters. The van der Waals surface area contributed by atoms with Gasteiger partial charge in [-0.2, -0.15) is 0 Å². The van der Waals surface area contributed by atoms with Crippen LogP contribution in [0.4, 0.5) is 0 Å². The second kappa shape index (κ2) is 7.08. The summed E-state index contributed by atoms with van der Waals surface area (Å²) in [6.45, 7) is 1.78. The zero-order valence-electron chi connectivity index (χ0n) is 6.43. The SMILES string of the molecule is S=C(S)[N]([Zn])CC[N]([Zn])C(=S)S. The van der Waals surface area contributed by atoms with Crippen molar-refractivity contribution in [3.05, 3.63) is 0 Å². The van der Waals surface area contributed by atoms with Gasteiger partial charge in [0.1, 0.15) is 0 Å². The number of thiocarbonyl (C=S) groups is 2. The van der Waals surface area contributed by atoms with Gasteiger partial charge in [-0.25, -0.2) is 0 Å². The van der Waals surface area contributed by atoms with Crippen molar-refractivity contribution in [1.82, 2.24) is 7.29 Å². The maximum absolute atomic E-state index is 4.90. The predicted molar refractivity (Wildman–Crippen MR) is 56.6 cm³/mol. The van der Waals surface area contributed by atoms with Gasteiger partial charge in [-0.05, 0) is 0 Å². The molecule has 0 fully saturated rings. The Morgan fingerprint density at radius 2 is 1.25 bits per heavy atom. The van der Waals surface area contributed by atoms with Gasteiger partial charge in [-0.15, -0.1) is 0 Å². The van der Waals surface area contributed by atoms with E-state index < -0.39 is 0 Å². The topological polar surface area (TPSA) is 6.48 Å². The normalized spacial score (nSPS) is 9.50. The number of thiol groups is 2. The fourth-order valence-corrected chi connectivity index (χ4v) is 1.41. The fourth-order valence-electron chi connectivity index (χ4n) is 0.433. The zero-order valence-corrected chi connectivity index (χ0v) is 15.8. The minimum absolute atomic E-state index is 0.661. The Kier molecular flexibility index (Phi) is 8.09. The molecular weight excluding hydrogens is 335 g/mol. The maximum atomic E-state index is 4.90. The molecule has 60 valence electrons. The van der Waals surface area contributed by atoms with E-state index >= 15 is 0 Å². The standard InChI is InChI=1S/C4H8N2S4.2Zn/c7-3(8)5-1-2-6-4(9)10;;/h1-2H2,(H4,5,6,7,8,9,10);;/q;2*+1/p-2. The third-order valence-corrected chi connectivity index (χ3v) is 7.00. The van der Waals surface area contributed by atoms with Crippen molar-refractivity contribution in [3.8, 4) is 0 Å². The fraction of sp³-hybridized carbons (Fsp3) is 0.500. The van der Waals surface area contributed by atoms with Gasteiger partial charge in [0.15, 0.2) is 0 Å². The molecule has 0 heterocycles. The first kappa shape index (κ1) is 13.7. The van der Waals surface area contributed by atoms with Crippen LogP contribution in [0, 0.1) is 0 Å². The summed E-state index contributed by atoms with van der Waals surface area (Å²) < 4.78 is 5.36. The number of nitrogens with zero attached hydrogens (tertiary/aromatic N) is 2. The van der Waals surface area contributed by atoms with Crippen LogP contribution in [0.3, 0.4) is 0 Å². The van der Waals surface area contributed by atoms with Crippen LogP contribution < -0.4 is 0 Å². The van der Waals surface area contributed by atoms with Crippen LogP contribution in [-0.2, 0) is 37.1 Å². The average molecular weight is 341 g/mol. The third kappa shape index (κ3) is 6.22. The molecule has 0 aliphatic carbocycles. The van der Waals surface area contributed by atoms with Crippen molar-refractivity contribution in [3.63, 3.8) is 0 Å². The predicted octanol–water partition coefficient (Wildman–Crippen LogP) is 0.943. The van der Waals surface area contributed by atoms with E-state index in [-0.39, 0.29) is 0 Å². The summed E-state index contributed by atoms with van der Waals surface area (Å²) >= 11 is 20.0. The molecule has 0 aromatic heterocycles. The Hall–Kier alpha value is 1.73. The molecule has 0 saturated carbocycles. The molecule has 0 aliphatic heterocycles. The number of hydrogen-bond donors (Lipinski definition) is 2. The average Bonchev–Trinajstić information content (AvgIpc) is 1.98. The van der Waals surface area contributed by atoms with Crippen molar-refractivity contribution in [2.45, 2.75) is 0 Å². The molecule has 8 heteroatoms. The summed E-state index contributed by atoms with van der Waals surface area (Å²) in [5, 5.41) is 0. The molecule has 0 saturated heterocycles. The van der Waals surface area contributed by atoms with E-state index in [0.29, 0.717) is 8.64 Å². The van der Waals surface area contributed by atoms with Gasteiger partial charge in [0.25, 0.3) is 0 Å². The molecular formula is C4H6N2S4Zn2. The van der Waals surface area contributed by atoms with Crippen molar-refractivity contribution < 1.29 is 37.1 Å². The van der Waals surface area contributed by atoms with Crippen LogP contribution in [-0.4, -0.2) is 29.0 Å². The summed E-state index contributed by atoms with van der Waals surface area (Å²) in [7, 11) is 0. The molecule has 0 radical (unpaired) electrons. The third-order valence-electron chi connectivity index (χ3n) is 1.18. The van der Waals surface area contributed by atoms with Crippen LogP contribution in [0.1, 0.15) is 0 Å². The van der Waals surface area contributed by atoms with Crippen LogP contribution in [0.25, 0.3) is 0 Å². The summed E-state index contributed by atoms with van der Waals surface area (Å²) in [6, 6.07) is 0. The van der Waals surface area contributed by atoms with E-state index in [1.807, 2.05) is 7.29 Å². The van der Waals surface area contributed by atoms with Gasteiger partial charge in [0.05, 0.1) is 0 Å². The van der Waals surface area contributed by atoms with Gasteiger partial charge in [0.2, 0.25) is 0 Å². The Labute approximate surface area is 115 Å². The van der Waals surface area contributed by atoms with E-state index in [0.717, 1.165) is 50.2 Å². The van der Waals surface area contributed by atoms with Gasteiger partial charge in [0, 0.05) is 0 Å². The van der Waals surface area contributed by atoms with Crippen LogP contribution in [0.15, 0.2) is 0 Å². The van der Waals surface area contributed by atoms with Crippen molar-refractivity contribution in [2.75, 3.05) is 13.1 Å². The first-order valence-electron chi connectivity index (χ1n) is 3.07. The quantitative estimate of drug-likeness (QED) is 0.448. The molecule has 12 heavy (non-hydrogen) atoms. The van der Waals surface area contributed by atoms with Crippen LogP contribution >= 0.6 is 49.7 Å². The summed E-state index contributed by atoms with van der Waals surface area (Å²) in [5.41, 5.74) is 0. The summed E-state index contributed by atoms with van der Waals surface area (Å²) in [4.78, 5) is 0. The molecule has 0 N–H and O–H groups in total. The Morgan fingerprint density at radius 1 is 1.00 bits per heavy atom. The van der Waals surface area contributed by atoms with Crippen molar-refractivity contribution in [1.29, 1.82) is 0 Å². The van der Waals surface area contributed by atoms with Crippen LogP contribution in [0.5, 0.6) is 0 Å². The monoisotopic (exact) mass is 338 g/mol. The molecule has 0 bridgehead atoms. The van der Waals surface area contributed by atoms with E-state index in [2.05, 4.69) is 25.3 Å². The molecule has 0 spiro atoms. The second-order valence-corrected chi connectivity index (χ2v) is 7.52. The van der Waals surface area contributed by atoms with Gasteiger partial charge in [-0.3, -0.25) is 0 Å². The molecule has 0 aliphatic rings. The van der Waals surface area contributed by atoms with Gasteiger partial charge in [-0.1, -0.05) is 0 Å². The van der Waals surface area contributed by atoms with Gasteiger partial charge >= 0.3 is 116 Å². The molecule has 0 aromatic rings. The van der Waals surface area contributed by atoms with E-state index in [1.165, 1.54) is 0 Å². The molecule has 0 amide bonds. The van der Waals surface area contributed by atoms with Gasteiger partial charge < -0.3 is 0 Å². The summed E-state index contributed by atoms with van der Waals surface area (Å²) in [6.07, 6.45) is 0. The van der Waals surface area contributed by atoms with E-state index in [1.54, 1.807) is 0 Å². The Balaban J connectivity index is 3.68. The summed E-state index contributed by atoms with van der Waals surface area (Å²) in [5.74, 6) is 0. The first-order valence-corrected chi connectivity index (χ1v) is 7.43. The Bertz CT molecular complexity index is 168. The van der Waals surface area contributed by atoms with Crippen LogP contribution in [0.2, 0.25) is 0 Å². The second-order valence-electron chi connectivity index (χ2n) is 2.09. The first-order chi connectivity index (χ1) is 5.45. The molecule has 0 aromatic carbocycles.